The molecule has 274 valence electrons. The van der Waals surface area contributed by atoms with Gasteiger partial charge in [-0.1, -0.05) is 146 Å². The summed E-state index contributed by atoms with van der Waals surface area (Å²) in [5.41, 5.74) is 13.6. The van der Waals surface area contributed by atoms with Crippen molar-refractivity contribution in [3.63, 3.8) is 0 Å². The standard InChI is InChI=1S/C53H42N4/c1-4-17-38(5-2)39-28-30-40(31-29-39)48(54-3)35-49(55-36-37-18-7-6-8-19-37)41-32-42(56-50-24-13-9-20-44(50)45-21-10-14-25-51(45)56)34-43(33-41)57-52-26-15-11-22-46(52)47-23-12-16-27-53(47)57/h4-35H,3,36H2,1-2H3/b17-4-,38-5+,48-35-,55-49?. The molecule has 2 aromatic heterocycles. The molecular weight excluding hydrogens is 693 g/mol. The van der Waals surface area contributed by atoms with E-state index in [0.29, 0.717) is 6.54 Å². The van der Waals surface area contributed by atoms with Crippen molar-refractivity contribution in [2.24, 2.45) is 9.98 Å². The molecule has 0 saturated carbocycles. The summed E-state index contributed by atoms with van der Waals surface area (Å²) in [4.78, 5) is 9.98. The molecule has 0 atom stereocenters. The van der Waals surface area contributed by atoms with Crippen LogP contribution in [0.3, 0.4) is 0 Å². The average molecular weight is 735 g/mol. The van der Waals surface area contributed by atoms with E-state index in [0.717, 1.165) is 67.1 Å². The average Bonchev–Trinajstić information content (AvgIpc) is 3.79. The lowest BCUT2D eigenvalue weighted by molar-refractivity contribution is 1.07. The Morgan fingerprint density at radius 2 is 0.982 bits per heavy atom. The van der Waals surface area contributed by atoms with Crippen molar-refractivity contribution in [2.45, 2.75) is 20.4 Å². The van der Waals surface area contributed by atoms with Gasteiger partial charge in [-0.3, -0.25) is 9.98 Å². The van der Waals surface area contributed by atoms with E-state index in [-0.39, 0.29) is 0 Å². The van der Waals surface area contributed by atoms with Gasteiger partial charge in [-0.25, -0.2) is 0 Å². The maximum Gasteiger partial charge on any atom is 0.0716 e. The molecule has 4 heteroatoms. The highest BCUT2D eigenvalue weighted by Gasteiger charge is 2.18. The fourth-order valence-corrected chi connectivity index (χ4v) is 8.10. The van der Waals surface area contributed by atoms with Gasteiger partial charge in [0.2, 0.25) is 0 Å². The summed E-state index contributed by atoms with van der Waals surface area (Å²) < 4.78 is 4.78. The van der Waals surface area contributed by atoms with Crippen molar-refractivity contribution >= 4 is 67.3 Å². The summed E-state index contributed by atoms with van der Waals surface area (Å²) in [5, 5.41) is 4.86. The fourth-order valence-electron chi connectivity index (χ4n) is 8.10. The van der Waals surface area contributed by atoms with Gasteiger partial charge in [-0.15, -0.1) is 0 Å². The van der Waals surface area contributed by atoms with Crippen molar-refractivity contribution in [1.29, 1.82) is 0 Å². The number of hydrogen-bond donors (Lipinski definition) is 0. The van der Waals surface area contributed by atoms with Crippen LogP contribution in [0.15, 0.2) is 204 Å². The maximum absolute atomic E-state index is 5.37. The molecule has 4 nitrogen and oxygen atoms in total. The highest BCUT2D eigenvalue weighted by atomic mass is 15.0. The predicted molar refractivity (Wildman–Crippen MR) is 244 cm³/mol. The Morgan fingerprint density at radius 1 is 0.526 bits per heavy atom. The van der Waals surface area contributed by atoms with Gasteiger partial charge in [-0.2, -0.15) is 0 Å². The monoisotopic (exact) mass is 734 g/mol. The number of para-hydroxylation sites is 4. The number of allylic oxidation sites excluding steroid dienone is 5. The van der Waals surface area contributed by atoms with Crippen LogP contribution >= 0.6 is 0 Å². The minimum Gasteiger partial charge on any atom is -0.309 e. The van der Waals surface area contributed by atoms with E-state index in [9.17, 15) is 0 Å². The van der Waals surface area contributed by atoms with Gasteiger partial charge in [-0.05, 0) is 85.8 Å². The highest BCUT2D eigenvalue weighted by molar-refractivity contribution is 6.14. The van der Waals surface area contributed by atoms with Crippen molar-refractivity contribution in [1.82, 2.24) is 9.13 Å². The molecular formula is C53H42N4. The molecule has 7 aromatic carbocycles. The zero-order valence-electron chi connectivity index (χ0n) is 32.2. The van der Waals surface area contributed by atoms with Crippen molar-refractivity contribution in [2.75, 3.05) is 0 Å². The molecule has 9 aromatic rings. The Morgan fingerprint density at radius 3 is 1.44 bits per heavy atom. The summed E-state index contributed by atoms with van der Waals surface area (Å²) in [6.07, 6.45) is 8.42. The van der Waals surface area contributed by atoms with E-state index in [2.05, 4.69) is 216 Å². The second-order valence-electron chi connectivity index (χ2n) is 14.2. The first-order chi connectivity index (χ1) is 28.1. The van der Waals surface area contributed by atoms with E-state index in [1.165, 1.54) is 27.1 Å². The van der Waals surface area contributed by atoms with Crippen LogP contribution < -0.4 is 0 Å². The topological polar surface area (TPSA) is 34.6 Å². The van der Waals surface area contributed by atoms with E-state index in [1.54, 1.807) is 0 Å². The maximum atomic E-state index is 5.37. The van der Waals surface area contributed by atoms with E-state index >= 15 is 0 Å². The smallest absolute Gasteiger partial charge is 0.0716 e. The third kappa shape index (κ3) is 6.62. The van der Waals surface area contributed by atoms with Gasteiger partial charge in [0, 0.05) is 44.0 Å². The Labute approximate surface area is 333 Å². The molecule has 0 aliphatic carbocycles. The minimum absolute atomic E-state index is 0.508. The van der Waals surface area contributed by atoms with Gasteiger partial charge < -0.3 is 9.13 Å². The van der Waals surface area contributed by atoms with Gasteiger partial charge in [0.1, 0.15) is 0 Å². The van der Waals surface area contributed by atoms with E-state index in [4.69, 9.17) is 4.99 Å². The molecule has 57 heavy (non-hydrogen) atoms. The third-order valence-corrected chi connectivity index (χ3v) is 10.8. The van der Waals surface area contributed by atoms with Crippen LogP contribution in [0.2, 0.25) is 0 Å². The number of benzene rings is 7. The summed E-state index contributed by atoms with van der Waals surface area (Å²) in [6.45, 7) is 8.67. The van der Waals surface area contributed by atoms with Crippen LogP contribution in [0.4, 0.5) is 0 Å². The SMILES string of the molecule is C=N/C(=C\C(=NCc1ccccc1)c1cc(-n2c3ccccc3c3ccccc32)cc(-n2c3ccccc3c3ccccc32)c1)c1ccc(C(/C=C\C)=C/C)cc1. The molecule has 0 saturated heterocycles. The summed E-state index contributed by atoms with van der Waals surface area (Å²) >= 11 is 0. The molecule has 9 rings (SSSR count). The van der Waals surface area contributed by atoms with Crippen LogP contribution in [0.25, 0.3) is 66.3 Å². The lowest BCUT2D eigenvalue weighted by Gasteiger charge is -2.16. The molecule has 0 bridgehead atoms. The van der Waals surface area contributed by atoms with Crippen molar-refractivity contribution in [3.05, 3.63) is 216 Å². The van der Waals surface area contributed by atoms with E-state index < -0.39 is 0 Å². The van der Waals surface area contributed by atoms with Gasteiger partial charge in [0.05, 0.1) is 40.0 Å². The molecule has 0 N–H and O–H groups in total. The van der Waals surface area contributed by atoms with Gasteiger partial charge in [0.25, 0.3) is 0 Å². The summed E-state index contributed by atoms with van der Waals surface area (Å²) in [7, 11) is 0. The molecule has 2 heterocycles. The first kappa shape index (κ1) is 35.4. The zero-order valence-corrected chi connectivity index (χ0v) is 32.2. The van der Waals surface area contributed by atoms with E-state index in [1.807, 2.05) is 13.0 Å². The molecule has 0 amide bonds. The summed E-state index contributed by atoms with van der Waals surface area (Å²) in [6, 6.07) is 60.5. The third-order valence-electron chi connectivity index (χ3n) is 10.8. The number of rotatable bonds is 10. The van der Waals surface area contributed by atoms with Crippen LogP contribution in [-0.2, 0) is 6.54 Å². The lowest BCUT2D eigenvalue weighted by atomic mass is 10.0. The molecule has 0 aliphatic heterocycles. The van der Waals surface area contributed by atoms with Crippen molar-refractivity contribution in [3.8, 4) is 11.4 Å². The minimum atomic E-state index is 0.508. The first-order valence-electron chi connectivity index (χ1n) is 19.4. The highest BCUT2D eigenvalue weighted by Crippen LogP contribution is 2.36. The second kappa shape index (κ2) is 15.4. The molecule has 0 unspecified atom stereocenters. The zero-order chi connectivity index (χ0) is 38.7. The van der Waals surface area contributed by atoms with Crippen molar-refractivity contribution < 1.29 is 0 Å². The van der Waals surface area contributed by atoms with Crippen LogP contribution in [0.5, 0.6) is 0 Å². The quantitative estimate of drug-likeness (QED) is 0.0990. The Balaban J connectivity index is 1.31. The predicted octanol–water partition coefficient (Wildman–Crippen LogP) is 13.6. The largest absolute Gasteiger partial charge is 0.309 e. The number of nitrogens with zero attached hydrogens (tertiary/aromatic N) is 4. The Bertz CT molecular complexity index is 2820. The van der Waals surface area contributed by atoms with Crippen LogP contribution in [-0.4, -0.2) is 21.6 Å². The van der Waals surface area contributed by atoms with Gasteiger partial charge >= 0.3 is 0 Å². The molecule has 0 radical (unpaired) electrons. The molecule has 0 aliphatic rings. The normalized spacial score (nSPS) is 12.8. The van der Waals surface area contributed by atoms with Crippen LogP contribution in [0, 0.1) is 0 Å². The number of hydrogen-bond acceptors (Lipinski definition) is 2. The fraction of sp³-hybridized carbons (Fsp3) is 0.0566. The van der Waals surface area contributed by atoms with Crippen LogP contribution in [0.1, 0.15) is 36.1 Å². The second-order valence-corrected chi connectivity index (χ2v) is 14.2. The number of fused-ring (bicyclic) bond motifs is 6. The number of aromatic nitrogens is 2. The first-order valence-corrected chi connectivity index (χ1v) is 19.4. The lowest BCUT2D eigenvalue weighted by Crippen LogP contribution is -2.06. The Hall–Kier alpha value is -7.30. The molecule has 0 fully saturated rings. The summed E-state index contributed by atoms with van der Waals surface area (Å²) in [5.74, 6) is 0. The Kier molecular flexibility index (Phi) is 9.59. The number of aliphatic imine (C=N–C) groups is 2. The molecule has 0 spiro atoms. The van der Waals surface area contributed by atoms with Gasteiger partial charge in [0.15, 0.2) is 0 Å².